The summed E-state index contributed by atoms with van der Waals surface area (Å²) in [6, 6.07) is 0. The first-order chi connectivity index (χ1) is 4.52. The van der Waals surface area contributed by atoms with E-state index in [-0.39, 0.29) is 0 Å². The Morgan fingerprint density at radius 3 is 1.90 bits per heavy atom. The Kier molecular flexibility index (Phi) is 3.05. The Bertz CT molecular complexity index is 129. The Hall–Kier alpha value is -0.870. The van der Waals surface area contributed by atoms with Gasteiger partial charge in [-0.15, -0.1) is 0 Å². The molecule has 0 aromatic carbocycles. The molecular weight excluding hydrogens is 149 g/mol. The van der Waals surface area contributed by atoms with Crippen molar-refractivity contribution in [3.63, 3.8) is 0 Å². The molecule has 5 heteroatoms. The summed E-state index contributed by atoms with van der Waals surface area (Å²) >= 11 is 0. The fraction of sp³-hybridized carbons (Fsp3) is 0.600. The standard InChI is InChI=1S/C5H3F3O2/c6-5(7,8)4(3-10)1-2-9/h4H,1H2. The number of rotatable bonds is 3. The van der Waals surface area contributed by atoms with E-state index in [1.54, 1.807) is 0 Å². The van der Waals surface area contributed by atoms with Crippen molar-refractivity contribution in [2.24, 2.45) is 5.92 Å². The van der Waals surface area contributed by atoms with Crippen LogP contribution < -0.4 is 0 Å². The fourth-order valence-corrected chi connectivity index (χ4v) is 0.308. The van der Waals surface area contributed by atoms with Crippen LogP contribution in [-0.4, -0.2) is 18.7 Å². The average Bonchev–Trinajstić information content (AvgIpc) is 1.80. The Labute approximate surface area is 55.0 Å². The molecule has 0 bridgehead atoms. The molecule has 0 aromatic rings. The molecule has 0 saturated heterocycles. The summed E-state index contributed by atoms with van der Waals surface area (Å²) in [5, 5.41) is 0. The van der Waals surface area contributed by atoms with Gasteiger partial charge in [-0.3, -0.25) is 9.59 Å². The van der Waals surface area contributed by atoms with E-state index >= 15 is 0 Å². The summed E-state index contributed by atoms with van der Waals surface area (Å²) in [7, 11) is 0. The van der Waals surface area contributed by atoms with Gasteiger partial charge in [-0.05, 0) is 0 Å². The average molecular weight is 152 g/mol. The third-order valence-electron chi connectivity index (χ3n) is 0.825. The van der Waals surface area contributed by atoms with Gasteiger partial charge in [0.2, 0.25) is 6.29 Å². The van der Waals surface area contributed by atoms with Crippen LogP contribution in [0.1, 0.15) is 6.42 Å². The van der Waals surface area contributed by atoms with Crippen molar-refractivity contribution in [2.45, 2.75) is 12.6 Å². The molecule has 0 amide bonds. The highest BCUT2D eigenvalue weighted by Gasteiger charge is 2.39. The molecule has 0 heterocycles. The van der Waals surface area contributed by atoms with Crippen molar-refractivity contribution in [1.29, 1.82) is 0 Å². The lowest BCUT2D eigenvalue weighted by molar-refractivity contribution is -0.153. The molecule has 0 aromatic heterocycles. The quantitative estimate of drug-likeness (QED) is 0.598. The van der Waals surface area contributed by atoms with Gasteiger partial charge in [-0.25, -0.2) is 0 Å². The third kappa shape index (κ3) is 2.61. The number of halogens is 3. The van der Waals surface area contributed by atoms with Gasteiger partial charge in [0.1, 0.15) is 5.92 Å². The number of alkyl halides is 3. The van der Waals surface area contributed by atoms with Crippen molar-refractivity contribution >= 4 is 12.6 Å². The highest BCUT2D eigenvalue weighted by molar-refractivity contribution is 5.63. The lowest BCUT2D eigenvalue weighted by atomic mass is 10.1. The maximum atomic E-state index is 11.5. The highest BCUT2D eigenvalue weighted by atomic mass is 19.4. The molecule has 0 rings (SSSR count). The smallest absolute Gasteiger partial charge is 0.291 e. The predicted octanol–water partition coefficient (Wildman–Crippen LogP) is 0.774. The molecule has 0 aliphatic carbocycles. The fourth-order valence-electron chi connectivity index (χ4n) is 0.308. The van der Waals surface area contributed by atoms with Crippen molar-refractivity contribution in [2.75, 3.05) is 0 Å². The summed E-state index contributed by atoms with van der Waals surface area (Å²) in [5.41, 5.74) is 0. The van der Waals surface area contributed by atoms with Crippen LogP contribution in [0, 0.1) is 5.92 Å². The normalized spacial score (nSPS) is 14.3. The van der Waals surface area contributed by atoms with E-state index in [1.165, 1.54) is 0 Å². The van der Waals surface area contributed by atoms with Crippen LogP contribution in [0.25, 0.3) is 0 Å². The first-order valence-corrected chi connectivity index (χ1v) is 2.31. The predicted molar refractivity (Wildman–Crippen MR) is 25.5 cm³/mol. The summed E-state index contributed by atoms with van der Waals surface area (Å²) in [5.74, 6) is -2.31. The van der Waals surface area contributed by atoms with E-state index in [2.05, 4.69) is 0 Å². The maximum Gasteiger partial charge on any atom is 0.399 e. The van der Waals surface area contributed by atoms with Gasteiger partial charge in [-0.2, -0.15) is 13.2 Å². The van der Waals surface area contributed by atoms with Crippen LogP contribution in [-0.2, 0) is 9.59 Å². The van der Waals surface area contributed by atoms with E-state index in [0.29, 0.717) is 6.29 Å². The number of hydrogen-bond acceptors (Lipinski definition) is 2. The molecule has 0 fully saturated rings. The van der Waals surface area contributed by atoms with Crippen molar-refractivity contribution in [1.82, 2.24) is 0 Å². The van der Waals surface area contributed by atoms with Crippen LogP contribution in [0.5, 0.6) is 0 Å². The topological polar surface area (TPSA) is 34.1 Å². The zero-order valence-corrected chi connectivity index (χ0v) is 4.73. The van der Waals surface area contributed by atoms with Gasteiger partial charge in [-0.1, -0.05) is 0 Å². The molecule has 0 saturated carbocycles. The molecule has 2 nitrogen and oxygen atoms in total. The van der Waals surface area contributed by atoms with Crippen LogP contribution in [0.15, 0.2) is 0 Å². The minimum absolute atomic E-state index is 0.705. The van der Waals surface area contributed by atoms with E-state index in [9.17, 15) is 22.8 Å². The van der Waals surface area contributed by atoms with Crippen molar-refractivity contribution in [3.05, 3.63) is 0 Å². The van der Waals surface area contributed by atoms with E-state index in [0.717, 1.165) is 6.29 Å². The largest absolute Gasteiger partial charge is 0.399 e. The summed E-state index contributed by atoms with van der Waals surface area (Å²) < 4.78 is 34.4. The molecule has 0 aliphatic rings. The van der Waals surface area contributed by atoms with Gasteiger partial charge in [0.25, 0.3) is 0 Å². The minimum Gasteiger partial charge on any atom is -0.291 e. The van der Waals surface area contributed by atoms with Crippen LogP contribution in [0.4, 0.5) is 13.2 Å². The van der Waals surface area contributed by atoms with Gasteiger partial charge in [0.15, 0.2) is 6.29 Å². The molecule has 0 aliphatic heterocycles. The van der Waals surface area contributed by atoms with Crippen LogP contribution >= 0.6 is 0 Å². The molecular formula is C5H3F3O2. The SMILES string of the molecule is O=[C]CC([C]=O)C(F)(F)F. The molecule has 2 radical (unpaired) electrons. The van der Waals surface area contributed by atoms with Crippen LogP contribution in [0.2, 0.25) is 0 Å². The Balaban J connectivity index is 4.05. The van der Waals surface area contributed by atoms with Gasteiger partial charge < -0.3 is 0 Å². The van der Waals surface area contributed by atoms with Gasteiger partial charge >= 0.3 is 6.18 Å². The molecule has 1 unspecified atom stereocenters. The first-order valence-electron chi connectivity index (χ1n) is 2.31. The number of carbonyl (C=O) groups excluding carboxylic acids is 2. The van der Waals surface area contributed by atoms with E-state index in [1.807, 2.05) is 0 Å². The number of hydrogen-bond donors (Lipinski definition) is 0. The maximum absolute atomic E-state index is 11.5. The zero-order chi connectivity index (χ0) is 8.20. The third-order valence-corrected chi connectivity index (χ3v) is 0.825. The lowest BCUT2D eigenvalue weighted by Crippen LogP contribution is -2.24. The second-order valence-electron chi connectivity index (χ2n) is 1.56. The van der Waals surface area contributed by atoms with E-state index < -0.39 is 18.5 Å². The van der Waals surface area contributed by atoms with Gasteiger partial charge in [0, 0.05) is 6.42 Å². The summed E-state index contributed by atoms with van der Waals surface area (Å²) in [6.45, 7) is 0. The zero-order valence-electron chi connectivity index (χ0n) is 4.73. The minimum atomic E-state index is -4.67. The molecule has 0 spiro atoms. The van der Waals surface area contributed by atoms with Crippen LogP contribution in [0.3, 0.4) is 0 Å². The monoisotopic (exact) mass is 152 g/mol. The second-order valence-corrected chi connectivity index (χ2v) is 1.56. The summed E-state index contributed by atoms with van der Waals surface area (Å²) in [6.07, 6.45) is -3.93. The molecule has 56 valence electrons. The first kappa shape index (κ1) is 9.13. The van der Waals surface area contributed by atoms with Crippen molar-refractivity contribution in [3.8, 4) is 0 Å². The Morgan fingerprint density at radius 2 is 1.80 bits per heavy atom. The molecule has 1 atom stereocenters. The lowest BCUT2D eigenvalue weighted by Gasteiger charge is -2.08. The highest BCUT2D eigenvalue weighted by Crippen LogP contribution is 2.26. The molecule has 10 heavy (non-hydrogen) atoms. The second kappa shape index (κ2) is 3.34. The summed E-state index contributed by atoms with van der Waals surface area (Å²) in [4.78, 5) is 18.9. The molecule has 0 N–H and O–H groups in total. The van der Waals surface area contributed by atoms with Gasteiger partial charge in [0.05, 0.1) is 0 Å². The van der Waals surface area contributed by atoms with Crippen molar-refractivity contribution < 1.29 is 22.8 Å². The van der Waals surface area contributed by atoms with E-state index in [4.69, 9.17) is 0 Å². The Morgan fingerprint density at radius 1 is 1.30 bits per heavy atom.